The fourth-order valence-corrected chi connectivity index (χ4v) is 3.05. The van der Waals surface area contributed by atoms with Gasteiger partial charge in [0.2, 0.25) is 0 Å². The van der Waals surface area contributed by atoms with Crippen LogP contribution in [0.2, 0.25) is 0 Å². The van der Waals surface area contributed by atoms with Crippen LogP contribution in [-0.2, 0) is 20.0 Å². The lowest BCUT2D eigenvalue weighted by Crippen LogP contribution is -2.42. The maximum absolute atomic E-state index is 12.7. The number of urea groups is 1. The average Bonchev–Trinajstić information content (AvgIpc) is 2.90. The zero-order valence-corrected chi connectivity index (χ0v) is 14.9. The van der Waals surface area contributed by atoms with E-state index in [1.807, 2.05) is 13.0 Å². The largest absolute Gasteiger partial charge is 0.331 e. The molecule has 2 aromatic rings. The Morgan fingerprint density at radius 1 is 1.28 bits per heavy atom. The highest BCUT2D eigenvalue weighted by atomic mass is 16.2. The predicted octanol–water partition coefficient (Wildman–Crippen LogP) is 1.42. The van der Waals surface area contributed by atoms with E-state index in [0.717, 1.165) is 16.8 Å². The molecule has 1 N–H and O–H groups in total. The Kier molecular flexibility index (Phi) is 4.43. The number of aryl methyl sites for hydroxylation is 2. The number of carbonyl (C=O) groups excluding carboxylic acids is 2. The number of hydrogen-bond acceptors (Lipinski definition) is 4. The minimum atomic E-state index is -0.209. The molecule has 0 atom stereocenters. The van der Waals surface area contributed by atoms with Gasteiger partial charge >= 0.3 is 6.03 Å². The SMILES string of the molecule is Cc1cc(NC(=O)c2cncc3c2CCN(C(=O)N(C)C)C3)n(C)n1. The first-order valence-corrected chi connectivity index (χ1v) is 8.10. The lowest BCUT2D eigenvalue weighted by molar-refractivity contribution is 0.102. The topological polar surface area (TPSA) is 83.4 Å². The van der Waals surface area contributed by atoms with E-state index < -0.39 is 0 Å². The van der Waals surface area contributed by atoms with Crippen LogP contribution >= 0.6 is 0 Å². The van der Waals surface area contributed by atoms with Gasteiger partial charge in [-0.15, -0.1) is 0 Å². The summed E-state index contributed by atoms with van der Waals surface area (Å²) in [7, 11) is 5.25. The molecule has 0 saturated carbocycles. The van der Waals surface area contributed by atoms with Gasteiger partial charge in [0.25, 0.3) is 5.91 Å². The highest BCUT2D eigenvalue weighted by Gasteiger charge is 2.26. The average molecular weight is 342 g/mol. The summed E-state index contributed by atoms with van der Waals surface area (Å²) < 4.78 is 1.63. The maximum Gasteiger partial charge on any atom is 0.319 e. The number of aromatic nitrogens is 3. The molecule has 3 heterocycles. The van der Waals surface area contributed by atoms with Crippen LogP contribution in [-0.4, -0.2) is 57.1 Å². The number of amides is 3. The van der Waals surface area contributed by atoms with E-state index in [1.165, 1.54) is 0 Å². The van der Waals surface area contributed by atoms with Gasteiger partial charge in [0.1, 0.15) is 5.82 Å². The van der Waals surface area contributed by atoms with Gasteiger partial charge in [-0.2, -0.15) is 5.10 Å². The molecular formula is C17H22N6O2. The normalized spacial score (nSPS) is 13.4. The van der Waals surface area contributed by atoms with Crippen molar-refractivity contribution < 1.29 is 9.59 Å². The molecule has 2 aromatic heterocycles. The Morgan fingerprint density at radius 3 is 2.68 bits per heavy atom. The molecule has 3 amide bonds. The number of anilines is 1. The van der Waals surface area contributed by atoms with Gasteiger partial charge in [0, 0.05) is 52.7 Å². The predicted molar refractivity (Wildman–Crippen MR) is 93.3 cm³/mol. The van der Waals surface area contributed by atoms with E-state index in [2.05, 4.69) is 15.4 Å². The molecule has 0 spiro atoms. The molecule has 132 valence electrons. The molecule has 0 fully saturated rings. The van der Waals surface area contributed by atoms with Gasteiger partial charge in [0.15, 0.2) is 0 Å². The Hall–Kier alpha value is -2.90. The maximum atomic E-state index is 12.7. The number of rotatable bonds is 2. The third kappa shape index (κ3) is 3.33. The van der Waals surface area contributed by atoms with Crippen LogP contribution in [0.15, 0.2) is 18.5 Å². The summed E-state index contributed by atoms with van der Waals surface area (Å²) >= 11 is 0. The first kappa shape index (κ1) is 16.9. The van der Waals surface area contributed by atoms with Gasteiger partial charge in [-0.05, 0) is 24.5 Å². The molecule has 0 radical (unpaired) electrons. The summed E-state index contributed by atoms with van der Waals surface area (Å²) in [4.78, 5) is 32.3. The number of nitrogens with one attached hydrogen (secondary N) is 1. The van der Waals surface area contributed by atoms with Crippen LogP contribution < -0.4 is 5.32 Å². The Morgan fingerprint density at radius 2 is 2.04 bits per heavy atom. The summed E-state index contributed by atoms with van der Waals surface area (Å²) in [5.41, 5.74) is 3.25. The van der Waals surface area contributed by atoms with E-state index in [0.29, 0.717) is 30.9 Å². The Labute approximate surface area is 146 Å². The first-order chi connectivity index (χ1) is 11.9. The van der Waals surface area contributed by atoms with Crippen LogP contribution in [0.4, 0.5) is 10.6 Å². The zero-order chi connectivity index (χ0) is 18.1. The fourth-order valence-electron chi connectivity index (χ4n) is 3.05. The molecular weight excluding hydrogens is 320 g/mol. The van der Waals surface area contributed by atoms with Gasteiger partial charge in [-0.1, -0.05) is 0 Å². The molecule has 0 saturated heterocycles. The second-order valence-corrected chi connectivity index (χ2v) is 6.42. The van der Waals surface area contributed by atoms with Gasteiger partial charge in [-0.25, -0.2) is 4.79 Å². The van der Waals surface area contributed by atoms with Gasteiger partial charge < -0.3 is 15.1 Å². The van der Waals surface area contributed by atoms with Crippen LogP contribution in [0, 0.1) is 6.92 Å². The number of fused-ring (bicyclic) bond motifs is 1. The minimum absolute atomic E-state index is 0.0362. The zero-order valence-electron chi connectivity index (χ0n) is 14.9. The Bertz CT molecular complexity index is 827. The molecule has 0 aromatic carbocycles. The standard InChI is InChI=1S/C17H22N6O2/c1-11-7-15(22(4)20-11)19-16(24)14-9-18-8-12-10-23(6-5-13(12)14)17(25)21(2)3/h7-9H,5-6,10H2,1-4H3,(H,19,24). The quantitative estimate of drug-likeness (QED) is 0.894. The van der Waals surface area contributed by atoms with Gasteiger partial charge in [-0.3, -0.25) is 14.5 Å². The molecule has 1 aliphatic rings. The molecule has 0 unspecified atom stereocenters. The molecule has 8 heteroatoms. The van der Waals surface area contributed by atoms with Crippen molar-refractivity contribution >= 4 is 17.8 Å². The molecule has 0 aliphatic carbocycles. The van der Waals surface area contributed by atoms with Crippen molar-refractivity contribution in [3.05, 3.63) is 40.8 Å². The first-order valence-electron chi connectivity index (χ1n) is 8.10. The molecule has 8 nitrogen and oxygen atoms in total. The number of pyridine rings is 1. The second-order valence-electron chi connectivity index (χ2n) is 6.42. The van der Waals surface area contributed by atoms with Crippen molar-refractivity contribution in [2.24, 2.45) is 7.05 Å². The van der Waals surface area contributed by atoms with Crippen molar-refractivity contribution in [3.63, 3.8) is 0 Å². The lowest BCUT2D eigenvalue weighted by atomic mass is 9.97. The summed E-state index contributed by atoms with van der Waals surface area (Å²) in [6, 6.07) is 1.78. The van der Waals surface area contributed by atoms with Gasteiger partial charge in [0.05, 0.1) is 11.3 Å². The van der Waals surface area contributed by atoms with Crippen LogP contribution in [0.25, 0.3) is 0 Å². The summed E-state index contributed by atoms with van der Waals surface area (Å²) in [5.74, 6) is 0.431. The number of nitrogens with zero attached hydrogens (tertiary/aromatic N) is 5. The summed E-state index contributed by atoms with van der Waals surface area (Å²) in [6.45, 7) is 2.92. The smallest absolute Gasteiger partial charge is 0.319 e. The molecule has 1 aliphatic heterocycles. The molecule has 3 rings (SSSR count). The van der Waals surface area contributed by atoms with Crippen molar-refractivity contribution in [2.75, 3.05) is 26.0 Å². The summed E-state index contributed by atoms with van der Waals surface area (Å²) in [6.07, 6.45) is 3.95. The molecule has 0 bridgehead atoms. The van der Waals surface area contributed by atoms with Crippen molar-refractivity contribution in [1.29, 1.82) is 0 Å². The van der Waals surface area contributed by atoms with E-state index in [1.54, 1.807) is 48.0 Å². The van der Waals surface area contributed by atoms with Crippen LogP contribution in [0.3, 0.4) is 0 Å². The fraction of sp³-hybridized carbons (Fsp3) is 0.412. The highest BCUT2D eigenvalue weighted by molar-refractivity contribution is 6.05. The minimum Gasteiger partial charge on any atom is -0.331 e. The van der Waals surface area contributed by atoms with Crippen LogP contribution in [0.5, 0.6) is 0 Å². The summed E-state index contributed by atoms with van der Waals surface area (Å²) in [5, 5.41) is 7.11. The Balaban J connectivity index is 1.83. The third-order valence-electron chi connectivity index (χ3n) is 4.28. The second kappa shape index (κ2) is 6.54. The van der Waals surface area contributed by atoms with Crippen molar-refractivity contribution in [1.82, 2.24) is 24.6 Å². The number of carbonyl (C=O) groups is 2. The van der Waals surface area contributed by atoms with Crippen molar-refractivity contribution in [2.45, 2.75) is 19.9 Å². The van der Waals surface area contributed by atoms with E-state index in [9.17, 15) is 9.59 Å². The monoisotopic (exact) mass is 342 g/mol. The van der Waals surface area contributed by atoms with Crippen LogP contribution in [0.1, 0.15) is 27.2 Å². The number of hydrogen-bond donors (Lipinski definition) is 1. The van der Waals surface area contributed by atoms with E-state index in [4.69, 9.17) is 0 Å². The lowest BCUT2D eigenvalue weighted by Gasteiger charge is -2.31. The van der Waals surface area contributed by atoms with E-state index in [-0.39, 0.29) is 11.9 Å². The van der Waals surface area contributed by atoms with E-state index >= 15 is 0 Å². The molecule has 25 heavy (non-hydrogen) atoms. The van der Waals surface area contributed by atoms with Crippen molar-refractivity contribution in [3.8, 4) is 0 Å². The third-order valence-corrected chi connectivity index (χ3v) is 4.28. The highest BCUT2D eigenvalue weighted by Crippen LogP contribution is 2.23.